The van der Waals surface area contributed by atoms with Crippen molar-refractivity contribution >= 4 is 5.78 Å². The van der Waals surface area contributed by atoms with E-state index in [-0.39, 0.29) is 17.1 Å². The van der Waals surface area contributed by atoms with Crippen molar-refractivity contribution in [2.24, 2.45) is 0 Å². The summed E-state index contributed by atoms with van der Waals surface area (Å²) in [5.41, 5.74) is 0.619. The minimum atomic E-state index is -0.655. The number of nitrogens with zero attached hydrogens (tertiary/aromatic N) is 1. The lowest BCUT2D eigenvalue weighted by molar-refractivity contribution is -0.518. The Morgan fingerprint density at radius 2 is 2.00 bits per heavy atom. The van der Waals surface area contributed by atoms with Crippen LogP contribution in [0.3, 0.4) is 0 Å². The van der Waals surface area contributed by atoms with Crippen molar-refractivity contribution < 1.29 is 9.72 Å². The number of benzene rings is 1. The molecule has 0 heterocycles. The lowest BCUT2D eigenvalue weighted by Gasteiger charge is -2.02. The summed E-state index contributed by atoms with van der Waals surface area (Å²) in [4.78, 5) is 21.5. The second-order valence-corrected chi connectivity index (χ2v) is 3.46. The third-order valence-corrected chi connectivity index (χ3v) is 2.24. The second kappa shape index (κ2) is 5.24. The standard InChI is InChI=1S/C11H13NO3/c1-9(12(14)15)7-8-11(13)10-5-3-2-4-6-10/h2-6,9H,7-8H2,1H3/t9-/m0/s1. The molecule has 0 saturated carbocycles. The lowest BCUT2D eigenvalue weighted by atomic mass is 10.0. The summed E-state index contributed by atoms with van der Waals surface area (Å²) in [7, 11) is 0. The zero-order chi connectivity index (χ0) is 11.3. The van der Waals surface area contributed by atoms with E-state index in [2.05, 4.69) is 0 Å². The minimum absolute atomic E-state index is 0.0377. The molecule has 0 bridgehead atoms. The number of ketones is 1. The summed E-state index contributed by atoms with van der Waals surface area (Å²) in [6.07, 6.45) is 0.521. The summed E-state index contributed by atoms with van der Waals surface area (Å²) in [5.74, 6) is -0.0377. The van der Waals surface area contributed by atoms with Gasteiger partial charge in [-0.15, -0.1) is 0 Å². The van der Waals surface area contributed by atoms with Gasteiger partial charge in [-0.2, -0.15) is 0 Å². The van der Waals surface area contributed by atoms with Gasteiger partial charge in [0.2, 0.25) is 6.04 Å². The Kier molecular flexibility index (Phi) is 3.97. The van der Waals surface area contributed by atoms with Gasteiger partial charge in [-0.05, 0) is 0 Å². The van der Waals surface area contributed by atoms with E-state index < -0.39 is 6.04 Å². The minimum Gasteiger partial charge on any atom is -0.294 e. The summed E-state index contributed by atoms with van der Waals surface area (Å²) in [5, 5.41) is 10.3. The molecule has 0 aliphatic heterocycles. The summed E-state index contributed by atoms with van der Waals surface area (Å²) < 4.78 is 0. The third-order valence-electron chi connectivity index (χ3n) is 2.24. The zero-order valence-electron chi connectivity index (χ0n) is 8.55. The first-order valence-electron chi connectivity index (χ1n) is 4.83. The Hall–Kier alpha value is -1.71. The molecule has 0 aliphatic rings. The highest BCUT2D eigenvalue weighted by molar-refractivity contribution is 5.95. The molecule has 4 heteroatoms. The molecule has 0 fully saturated rings. The van der Waals surface area contributed by atoms with Gasteiger partial charge in [-0.3, -0.25) is 14.9 Å². The van der Waals surface area contributed by atoms with Crippen molar-refractivity contribution in [3.05, 3.63) is 46.0 Å². The quantitative estimate of drug-likeness (QED) is 0.423. The van der Waals surface area contributed by atoms with Crippen molar-refractivity contribution in [1.82, 2.24) is 0 Å². The molecular weight excluding hydrogens is 194 g/mol. The number of hydrogen-bond acceptors (Lipinski definition) is 3. The number of rotatable bonds is 5. The van der Waals surface area contributed by atoms with E-state index in [0.29, 0.717) is 12.0 Å². The number of carbonyl (C=O) groups excluding carboxylic acids is 1. The first-order valence-corrected chi connectivity index (χ1v) is 4.83. The highest BCUT2D eigenvalue weighted by Gasteiger charge is 2.15. The van der Waals surface area contributed by atoms with Crippen LogP contribution in [0.1, 0.15) is 30.1 Å². The molecule has 1 rings (SSSR count). The highest BCUT2D eigenvalue weighted by atomic mass is 16.6. The molecule has 0 aromatic heterocycles. The molecule has 0 amide bonds. The van der Waals surface area contributed by atoms with Gasteiger partial charge in [0.15, 0.2) is 5.78 Å². The first-order chi connectivity index (χ1) is 7.11. The topological polar surface area (TPSA) is 60.2 Å². The summed E-state index contributed by atoms with van der Waals surface area (Å²) >= 11 is 0. The van der Waals surface area contributed by atoms with Crippen molar-refractivity contribution in [2.45, 2.75) is 25.8 Å². The van der Waals surface area contributed by atoms with Crippen LogP contribution in [-0.4, -0.2) is 16.7 Å². The van der Waals surface area contributed by atoms with E-state index in [1.165, 1.54) is 6.92 Å². The van der Waals surface area contributed by atoms with E-state index in [0.717, 1.165) is 0 Å². The van der Waals surface area contributed by atoms with Crippen LogP contribution in [-0.2, 0) is 0 Å². The van der Waals surface area contributed by atoms with Crippen LogP contribution in [0.4, 0.5) is 0 Å². The van der Waals surface area contributed by atoms with Gasteiger partial charge in [0, 0.05) is 30.3 Å². The summed E-state index contributed by atoms with van der Waals surface area (Å²) in [6, 6.07) is 8.18. The predicted molar refractivity (Wildman–Crippen MR) is 56.5 cm³/mol. The Morgan fingerprint density at radius 3 is 2.53 bits per heavy atom. The van der Waals surface area contributed by atoms with Crippen LogP contribution in [0.5, 0.6) is 0 Å². The average Bonchev–Trinajstić information content (AvgIpc) is 2.26. The van der Waals surface area contributed by atoms with Crippen molar-refractivity contribution in [3.63, 3.8) is 0 Å². The number of hydrogen-bond donors (Lipinski definition) is 0. The Balaban J connectivity index is 2.47. The van der Waals surface area contributed by atoms with Crippen LogP contribution in [0.25, 0.3) is 0 Å². The largest absolute Gasteiger partial charge is 0.294 e. The van der Waals surface area contributed by atoms with Crippen molar-refractivity contribution in [1.29, 1.82) is 0 Å². The molecule has 0 N–H and O–H groups in total. The number of nitro groups is 1. The van der Waals surface area contributed by atoms with Crippen LogP contribution in [0.15, 0.2) is 30.3 Å². The van der Waals surface area contributed by atoms with E-state index in [9.17, 15) is 14.9 Å². The lowest BCUT2D eigenvalue weighted by Crippen LogP contribution is -2.16. The average molecular weight is 207 g/mol. The van der Waals surface area contributed by atoms with E-state index in [1.54, 1.807) is 24.3 Å². The van der Waals surface area contributed by atoms with E-state index >= 15 is 0 Å². The third kappa shape index (κ3) is 3.50. The molecule has 0 spiro atoms. The van der Waals surface area contributed by atoms with Crippen LogP contribution in [0.2, 0.25) is 0 Å². The molecule has 1 aromatic carbocycles. The highest BCUT2D eigenvalue weighted by Crippen LogP contribution is 2.07. The fourth-order valence-electron chi connectivity index (χ4n) is 1.21. The normalized spacial score (nSPS) is 12.1. The van der Waals surface area contributed by atoms with Crippen LogP contribution < -0.4 is 0 Å². The maximum atomic E-state index is 11.5. The maximum absolute atomic E-state index is 11.5. The van der Waals surface area contributed by atoms with Gasteiger partial charge >= 0.3 is 0 Å². The van der Waals surface area contributed by atoms with E-state index in [4.69, 9.17) is 0 Å². The molecule has 1 aromatic rings. The number of Topliss-reactive ketones (excluding diaryl/α,β-unsaturated/α-hetero) is 1. The molecule has 0 aliphatic carbocycles. The smallest absolute Gasteiger partial charge is 0.210 e. The Morgan fingerprint density at radius 1 is 1.40 bits per heavy atom. The molecule has 0 unspecified atom stereocenters. The monoisotopic (exact) mass is 207 g/mol. The SMILES string of the molecule is C[C@@H](CCC(=O)c1ccccc1)[N+](=O)[O-]. The predicted octanol–water partition coefficient (Wildman–Crippen LogP) is 2.31. The maximum Gasteiger partial charge on any atom is 0.210 e. The molecule has 15 heavy (non-hydrogen) atoms. The molecular formula is C11H13NO3. The zero-order valence-corrected chi connectivity index (χ0v) is 8.55. The van der Waals surface area contributed by atoms with E-state index in [1.807, 2.05) is 6.07 Å². The van der Waals surface area contributed by atoms with Gasteiger partial charge in [-0.25, -0.2) is 0 Å². The molecule has 4 nitrogen and oxygen atoms in total. The first kappa shape index (κ1) is 11.4. The number of carbonyl (C=O) groups is 1. The fourth-order valence-corrected chi connectivity index (χ4v) is 1.21. The second-order valence-electron chi connectivity index (χ2n) is 3.46. The van der Waals surface area contributed by atoms with Gasteiger partial charge in [-0.1, -0.05) is 30.3 Å². The molecule has 1 atom stereocenters. The fraction of sp³-hybridized carbons (Fsp3) is 0.364. The Labute approximate surface area is 88.1 Å². The van der Waals surface area contributed by atoms with Crippen LogP contribution in [0, 0.1) is 10.1 Å². The van der Waals surface area contributed by atoms with Gasteiger partial charge in [0.1, 0.15) is 0 Å². The van der Waals surface area contributed by atoms with Crippen LogP contribution >= 0.6 is 0 Å². The van der Waals surface area contributed by atoms with Gasteiger partial charge in [0.25, 0.3) is 0 Å². The molecule has 0 saturated heterocycles. The van der Waals surface area contributed by atoms with Crippen molar-refractivity contribution in [2.75, 3.05) is 0 Å². The van der Waals surface area contributed by atoms with Crippen molar-refractivity contribution in [3.8, 4) is 0 Å². The van der Waals surface area contributed by atoms with Gasteiger partial charge < -0.3 is 0 Å². The molecule has 80 valence electrons. The Bertz CT molecular complexity index is 348. The molecule has 0 radical (unpaired) electrons. The summed E-state index contributed by atoms with van der Waals surface area (Å²) in [6.45, 7) is 1.51. The van der Waals surface area contributed by atoms with Gasteiger partial charge in [0.05, 0.1) is 0 Å².